The Bertz CT molecular complexity index is 561. The lowest BCUT2D eigenvalue weighted by Crippen LogP contribution is -2.48. The third-order valence-corrected chi connectivity index (χ3v) is 6.21. The SMILES string of the molecule is O=C(N1CCCC1)N1CCOC[C@]2(CCN(Cc3nccs3)C2)C1. The van der Waals surface area contributed by atoms with Crippen LogP contribution in [-0.4, -0.2) is 78.2 Å². The highest BCUT2D eigenvalue weighted by atomic mass is 32.1. The highest BCUT2D eigenvalue weighted by Gasteiger charge is 2.42. The van der Waals surface area contributed by atoms with Gasteiger partial charge in [-0.2, -0.15) is 0 Å². The van der Waals surface area contributed by atoms with Gasteiger partial charge in [-0.25, -0.2) is 9.78 Å². The molecule has 132 valence electrons. The molecule has 3 saturated heterocycles. The first-order chi connectivity index (χ1) is 11.7. The quantitative estimate of drug-likeness (QED) is 0.817. The van der Waals surface area contributed by atoms with E-state index in [9.17, 15) is 4.79 Å². The van der Waals surface area contributed by atoms with E-state index in [1.807, 2.05) is 21.4 Å². The number of carbonyl (C=O) groups is 1. The lowest BCUT2D eigenvalue weighted by Gasteiger charge is -2.34. The van der Waals surface area contributed by atoms with Crippen LogP contribution < -0.4 is 0 Å². The van der Waals surface area contributed by atoms with Crippen LogP contribution in [0.25, 0.3) is 0 Å². The van der Waals surface area contributed by atoms with Gasteiger partial charge in [0.25, 0.3) is 0 Å². The predicted molar refractivity (Wildman–Crippen MR) is 93.0 cm³/mol. The van der Waals surface area contributed by atoms with Gasteiger partial charge in [0.15, 0.2) is 0 Å². The van der Waals surface area contributed by atoms with Crippen molar-refractivity contribution in [1.29, 1.82) is 0 Å². The normalized spacial score (nSPS) is 28.7. The number of aromatic nitrogens is 1. The predicted octanol–water partition coefficient (Wildman–Crippen LogP) is 1.88. The van der Waals surface area contributed by atoms with Crippen molar-refractivity contribution in [2.75, 3.05) is 52.5 Å². The summed E-state index contributed by atoms with van der Waals surface area (Å²) in [5.41, 5.74) is 0.0865. The average Bonchev–Trinajstić information content (AvgIpc) is 3.30. The van der Waals surface area contributed by atoms with Crippen molar-refractivity contribution >= 4 is 17.4 Å². The Kier molecular flexibility index (Phi) is 4.74. The standard InChI is InChI=1S/C17H26N4O2S/c22-16(20-5-1-2-6-20)21-8-9-23-14-17(13-21)3-7-19(12-17)11-15-18-4-10-24-15/h4,10H,1-3,5-9,11-14H2/t17-/m0/s1. The van der Waals surface area contributed by atoms with Crippen molar-refractivity contribution < 1.29 is 9.53 Å². The number of rotatable bonds is 2. The molecule has 3 aliphatic rings. The number of amides is 2. The summed E-state index contributed by atoms with van der Waals surface area (Å²) in [4.78, 5) is 23.7. The van der Waals surface area contributed by atoms with E-state index in [1.165, 1.54) is 5.01 Å². The molecule has 0 radical (unpaired) electrons. The minimum absolute atomic E-state index is 0.0865. The second-order valence-corrected chi connectivity index (χ2v) is 8.32. The summed E-state index contributed by atoms with van der Waals surface area (Å²) < 4.78 is 5.91. The van der Waals surface area contributed by atoms with Gasteiger partial charge in [0, 0.05) is 49.7 Å². The molecule has 0 unspecified atom stereocenters. The highest BCUT2D eigenvalue weighted by Crippen LogP contribution is 2.34. The lowest BCUT2D eigenvalue weighted by molar-refractivity contribution is 0.0710. The molecule has 1 aromatic rings. The van der Waals surface area contributed by atoms with E-state index in [-0.39, 0.29) is 11.4 Å². The van der Waals surface area contributed by atoms with Crippen molar-refractivity contribution in [2.45, 2.75) is 25.8 Å². The zero-order valence-corrected chi connectivity index (χ0v) is 15.0. The van der Waals surface area contributed by atoms with Gasteiger partial charge in [-0.05, 0) is 25.8 Å². The molecule has 6 nitrogen and oxygen atoms in total. The van der Waals surface area contributed by atoms with Crippen LogP contribution in [0.3, 0.4) is 0 Å². The fraction of sp³-hybridized carbons (Fsp3) is 0.765. The van der Waals surface area contributed by atoms with Crippen molar-refractivity contribution in [3.05, 3.63) is 16.6 Å². The Labute approximate surface area is 147 Å². The van der Waals surface area contributed by atoms with Crippen LogP contribution in [0.4, 0.5) is 4.79 Å². The second kappa shape index (κ2) is 6.98. The van der Waals surface area contributed by atoms with Crippen molar-refractivity contribution in [3.8, 4) is 0 Å². The largest absolute Gasteiger partial charge is 0.379 e. The molecule has 1 aromatic heterocycles. The first kappa shape index (κ1) is 16.3. The maximum absolute atomic E-state index is 12.8. The van der Waals surface area contributed by atoms with Gasteiger partial charge in [-0.3, -0.25) is 4.90 Å². The Morgan fingerprint density at radius 2 is 2.08 bits per heavy atom. The lowest BCUT2D eigenvalue weighted by atomic mass is 9.87. The molecule has 3 fully saturated rings. The van der Waals surface area contributed by atoms with Crippen LogP contribution in [0.15, 0.2) is 11.6 Å². The van der Waals surface area contributed by atoms with E-state index in [4.69, 9.17) is 4.74 Å². The molecule has 3 aliphatic heterocycles. The minimum atomic E-state index is 0.0865. The highest BCUT2D eigenvalue weighted by molar-refractivity contribution is 7.09. The maximum Gasteiger partial charge on any atom is 0.320 e. The van der Waals surface area contributed by atoms with E-state index in [1.54, 1.807) is 11.3 Å². The summed E-state index contributed by atoms with van der Waals surface area (Å²) in [5, 5.41) is 3.21. The molecule has 4 rings (SSSR count). The van der Waals surface area contributed by atoms with Crippen molar-refractivity contribution in [3.63, 3.8) is 0 Å². The Hall–Kier alpha value is -1.18. The van der Waals surface area contributed by atoms with Gasteiger partial charge in [0.05, 0.1) is 19.8 Å². The summed E-state index contributed by atoms with van der Waals surface area (Å²) in [7, 11) is 0. The van der Waals surface area contributed by atoms with Gasteiger partial charge in [-0.15, -0.1) is 11.3 Å². The molecule has 7 heteroatoms. The molecule has 2 amide bonds. The topological polar surface area (TPSA) is 48.9 Å². The number of nitrogens with zero attached hydrogens (tertiary/aromatic N) is 4. The van der Waals surface area contributed by atoms with Gasteiger partial charge in [-0.1, -0.05) is 0 Å². The van der Waals surface area contributed by atoms with Crippen LogP contribution in [0.1, 0.15) is 24.3 Å². The van der Waals surface area contributed by atoms with Crippen LogP contribution >= 0.6 is 11.3 Å². The molecule has 0 bridgehead atoms. The third kappa shape index (κ3) is 3.43. The van der Waals surface area contributed by atoms with Gasteiger partial charge in [0.1, 0.15) is 5.01 Å². The Morgan fingerprint density at radius 3 is 2.88 bits per heavy atom. The molecule has 1 spiro atoms. The number of ether oxygens (including phenoxy) is 1. The number of thiazole rings is 1. The first-order valence-corrected chi connectivity index (χ1v) is 9.84. The molecule has 0 N–H and O–H groups in total. The number of hydrogen-bond acceptors (Lipinski definition) is 5. The zero-order valence-electron chi connectivity index (χ0n) is 14.2. The molecule has 0 aliphatic carbocycles. The molecule has 0 saturated carbocycles. The van der Waals surface area contributed by atoms with Crippen LogP contribution in [-0.2, 0) is 11.3 Å². The van der Waals surface area contributed by atoms with Gasteiger partial charge < -0.3 is 14.5 Å². The molecule has 24 heavy (non-hydrogen) atoms. The smallest absolute Gasteiger partial charge is 0.320 e. The third-order valence-electron chi connectivity index (χ3n) is 5.45. The van der Waals surface area contributed by atoms with Crippen molar-refractivity contribution in [1.82, 2.24) is 19.7 Å². The van der Waals surface area contributed by atoms with E-state index in [2.05, 4.69) is 9.88 Å². The summed E-state index contributed by atoms with van der Waals surface area (Å²) in [5.74, 6) is 0. The van der Waals surface area contributed by atoms with Crippen LogP contribution in [0.2, 0.25) is 0 Å². The average molecular weight is 350 g/mol. The number of hydrogen-bond donors (Lipinski definition) is 0. The van der Waals surface area contributed by atoms with Gasteiger partial charge >= 0.3 is 6.03 Å². The fourth-order valence-electron chi connectivity index (χ4n) is 4.20. The Balaban J connectivity index is 1.41. The second-order valence-electron chi connectivity index (χ2n) is 7.34. The number of likely N-dealkylation sites (tertiary alicyclic amines) is 2. The first-order valence-electron chi connectivity index (χ1n) is 8.97. The number of carbonyl (C=O) groups excluding carboxylic acids is 1. The van der Waals surface area contributed by atoms with Crippen LogP contribution in [0.5, 0.6) is 0 Å². The fourth-order valence-corrected chi connectivity index (χ4v) is 4.85. The zero-order chi connectivity index (χ0) is 16.4. The summed E-state index contributed by atoms with van der Waals surface area (Å²) >= 11 is 1.72. The summed E-state index contributed by atoms with van der Waals surface area (Å²) in [6.45, 7) is 7.79. The van der Waals surface area contributed by atoms with Gasteiger partial charge in [0.2, 0.25) is 0 Å². The van der Waals surface area contributed by atoms with E-state index in [0.29, 0.717) is 6.61 Å². The summed E-state index contributed by atoms with van der Waals surface area (Å²) in [6.07, 6.45) is 5.25. The Morgan fingerprint density at radius 1 is 1.21 bits per heavy atom. The minimum Gasteiger partial charge on any atom is -0.379 e. The molecular weight excluding hydrogens is 324 g/mol. The molecule has 1 atom stereocenters. The molecule has 4 heterocycles. The van der Waals surface area contributed by atoms with Crippen LogP contribution in [0, 0.1) is 5.41 Å². The van der Waals surface area contributed by atoms with E-state index in [0.717, 1.165) is 71.7 Å². The molecular formula is C17H26N4O2S. The maximum atomic E-state index is 12.8. The van der Waals surface area contributed by atoms with E-state index < -0.39 is 0 Å². The van der Waals surface area contributed by atoms with E-state index >= 15 is 0 Å². The monoisotopic (exact) mass is 350 g/mol. The molecule has 0 aromatic carbocycles. The summed E-state index contributed by atoms with van der Waals surface area (Å²) in [6, 6.07) is 0.218. The number of urea groups is 1. The van der Waals surface area contributed by atoms with Crippen molar-refractivity contribution in [2.24, 2.45) is 5.41 Å².